The number of aromatic hydroxyl groups is 2. The summed E-state index contributed by atoms with van der Waals surface area (Å²) >= 11 is 0. The molecule has 0 bridgehead atoms. The average Bonchev–Trinajstić information content (AvgIpc) is 3.39. The van der Waals surface area contributed by atoms with E-state index in [1.54, 1.807) is 0 Å². The number of ether oxygens (including phenoxy) is 7. The summed E-state index contributed by atoms with van der Waals surface area (Å²) in [5, 5.41) is 66.7. The van der Waals surface area contributed by atoms with Crippen LogP contribution in [-0.2, 0) is 63.6 Å². The van der Waals surface area contributed by atoms with Gasteiger partial charge in [0.25, 0.3) is 5.91 Å². The number of phenols is 2. The molecule has 0 radical (unpaired) electrons. The second kappa shape index (κ2) is 28.3. The van der Waals surface area contributed by atoms with E-state index in [2.05, 4.69) is 21.3 Å². The summed E-state index contributed by atoms with van der Waals surface area (Å²) in [6.07, 6.45) is -4.28. The first kappa shape index (κ1) is 60.7. The van der Waals surface area contributed by atoms with E-state index in [9.17, 15) is 63.9 Å². The molecule has 1 fully saturated rings. The lowest BCUT2D eigenvalue weighted by Crippen LogP contribution is -2.55. The molecule has 76 heavy (non-hydrogen) atoms. The number of phenolic OH excluding ortho intramolecular Hbond substituents is 2. The van der Waals surface area contributed by atoms with Crippen LogP contribution in [0.5, 0.6) is 17.2 Å². The fourth-order valence-corrected chi connectivity index (χ4v) is 9.67. The molecule has 5 rings (SSSR count). The number of benzene rings is 2. The summed E-state index contributed by atoms with van der Waals surface area (Å²) in [5.74, 6) is -7.50. The highest BCUT2D eigenvalue weighted by Crippen LogP contribution is 2.52. The van der Waals surface area contributed by atoms with Crippen LogP contribution in [0.3, 0.4) is 0 Å². The smallest absolute Gasteiger partial charge is 0.306 e. The van der Waals surface area contributed by atoms with Crippen LogP contribution >= 0.6 is 0 Å². The molecule has 4 amide bonds. The van der Waals surface area contributed by atoms with Crippen molar-refractivity contribution < 1.29 is 97.0 Å². The van der Waals surface area contributed by atoms with E-state index < -0.39 is 144 Å². The molecule has 2 aromatic carbocycles. The van der Waals surface area contributed by atoms with Crippen LogP contribution in [0.25, 0.3) is 0 Å². The predicted octanol–water partition coefficient (Wildman–Crippen LogP) is 0.630. The molecular weight excluding hydrogens is 1000 g/mol. The molecule has 1 saturated heterocycles. The highest BCUT2D eigenvalue weighted by molar-refractivity contribution is 6.31. The van der Waals surface area contributed by atoms with Crippen LogP contribution in [0.2, 0.25) is 0 Å². The molecule has 1 aliphatic heterocycles. The lowest BCUT2D eigenvalue weighted by Gasteiger charge is -2.43. The Kier molecular flexibility index (Phi) is 22.6. The highest BCUT2D eigenvalue weighted by Gasteiger charge is 2.51. The van der Waals surface area contributed by atoms with Gasteiger partial charge >= 0.3 is 5.97 Å². The highest BCUT2D eigenvalue weighted by atomic mass is 16.7. The van der Waals surface area contributed by atoms with Gasteiger partial charge in [-0.15, -0.1) is 0 Å². The second-order valence-corrected chi connectivity index (χ2v) is 19.0. The molecule has 0 unspecified atom stereocenters. The Bertz CT molecular complexity index is 2410. The maximum Gasteiger partial charge on any atom is 0.306 e. The van der Waals surface area contributed by atoms with Gasteiger partial charge in [-0.25, -0.2) is 0 Å². The Balaban J connectivity index is 1.17. The Morgan fingerprint density at radius 3 is 1.93 bits per heavy atom. The van der Waals surface area contributed by atoms with Crippen molar-refractivity contribution in [1.29, 1.82) is 0 Å². The van der Waals surface area contributed by atoms with Crippen molar-refractivity contribution in [2.45, 2.75) is 132 Å². The minimum absolute atomic E-state index is 0.0209. The summed E-state index contributed by atoms with van der Waals surface area (Å²) < 4.78 is 38.3. The molecule has 2 aromatic rings. The minimum atomic E-state index is -2.38. The van der Waals surface area contributed by atoms with Crippen molar-refractivity contribution in [3.8, 4) is 17.2 Å². The number of fused-ring (bicyclic) bond motifs is 3. The van der Waals surface area contributed by atoms with Gasteiger partial charge in [0.2, 0.25) is 29.1 Å². The fourth-order valence-electron chi connectivity index (χ4n) is 9.67. The third-order valence-electron chi connectivity index (χ3n) is 13.6. The lowest BCUT2D eigenvalue weighted by atomic mass is 9.72. The number of nitrogens with one attached hydrogen (secondary N) is 4. The summed E-state index contributed by atoms with van der Waals surface area (Å²) in [6.45, 7) is 1.16. The number of hydrogen-bond donors (Lipinski definition) is 9. The molecule has 1 heterocycles. The zero-order chi connectivity index (χ0) is 55.7. The van der Waals surface area contributed by atoms with E-state index in [1.807, 2.05) is 0 Å². The van der Waals surface area contributed by atoms with Crippen molar-refractivity contribution in [3.05, 3.63) is 51.6 Å². The number of hydrogen-bond acceptors (Lipinski definition) is 20. The molecule has 24 nitrogen and oxygen atoms in total. The molecule has 420 valence electrons. The van der Waals surface area contributed by atoms with Crippen LogP contribution in [0.1, 0.15) is 133 Å². The van der Waals surface area contributed by atoms with Crippen LogP contribution in [0, 0.1) is 0 Å². The molecule has 9 N–H and O–H groups in total. The third-order valence-corrected chi connectivity index (χ3v) is 13.6. The first-order chi connectivity index (χ1) is 36.3. The van der Waals surface area contributed by atoms with Gasteiger partial charge in [-0.2, -0.15) is 0 Å². The van der Waals surface area contributed by atoms with Gasteiger partial charge in [-0.05, 0) is 25.8 Å². The number of amides is 4. The number of ketones is 3. The molecule has 3 aliphatic rings. The number of methoxy groups -OCH3 is 4. The SMILES string of the molecule is COCCNC(=O)CC(CC(=O)NCCOC)(OC(=O)CCCCCCCCC(=O)N[C@H]1C[C@H](O[C@H]2C[C@](O)(C(=O)CO)Cc3c(O)c4c(c(O)c32)C(=O)c2c(OC)cccc2C4=O)O[C@@H](C)[C@H]1O)C(=O)NCCOC. The Morgan fingerprint density at radius 2 is 1.34 bits per heavy atom. The van der Waals surface area contributed by atoms with Crippen molar-refractivity contribution in [3.63, 3.8) is 0 Å². The van der Waals surface area contributed by atoms with Crippen molar-refractivity contribution in [1.82, 2.24) is 21.3 Å². The Morgan fingerprint density at radius 1 is 0.763 bits per heavy atom. The summed E-state index contributed by atoms with van der Waals surface area (Å²) in [4.78, 5) is 107. The molecular formula is C52H72N4O20. The molecule has 0 spiro atoms. The van der Waals surface area contributed by atoms with Gasteiger partial charge in [0.05, 0.1) is 74.7 Å². The van der Waals surface area contributed by atoms with Gasteiger partial charge in [0.1, 0.15) is 35.6 Å². The summed E-state index contributed by atoms with van der Waals surface area (Å²) in [6, 6.07) is 3.35. The van der Waals surface area contributed by atoms with Crippen molar-refractivity contribution in [2.75, 3.05) is 74.5 Å². The first-order valence-corrected chi connectivity index (χ1v) is 25.3. The van der Waals surface area contributed by atoms with E-state index in [-0.39, 0.29) is 86.7 Å². The van der Waals surface area contributed by atoms with E-state index in [4.69, 9.17) is 33.2 Å². The number of aliphatic hydroxyl groups is 3. The van der Waals surface area contributed by atoms with Gasteiger partial charge in [0.15, 0.2) is 17.9 Å². The summed E-state index contributed by atoms with van der Waals surface area (Å²) in [7, 11) is 5.62. The van der Waals surface area contributed by atoms with Gasteiger partial charge < -0.3 is 80.0 Å². The fraction of sp³-hybridized carbons (Fsp3) is 0.615. The van der Waals surface area contributed by atoms with Gasteiger partial charge in [0, 0.05) is 89.8 Å². The van der Waals surface area contributed by atoms with Crippen LogP contribution in [-0.4, -0.2) is 183 Å². The molecule has 24 heteroatoms. The van der Waals surface area contributed by atoms with Gasteiger partial charge in [-0.3, -0.25) is 38.4 Å². The first-order valence-electron chi connectivity index (χ1n) is 25.3. The molecule has 2 aliphatic carbocycles. The quantitative estimate of drug-likeness (QED) is 0.0251. The normalized spacial score (nSPS) is 20.9. The Hall–Kier alpha value is -6.12. The molecule has 0 aromatic heterocycles. The van der Waals surface area contributed by atoms with Crippen molar-refractivity contribution in [2.24, 2.45) is 0 Å². The van der Waals surface area contributed by atoms with E-state index in [0.717, 1.165) is 0 Å². The number of carbonyl (C=O) groups is 8. The zero-order valence-corrected chi connectivity index (χ0v) is 43.6. The predicted molar refractivity (Wildman–Crippen MR) is 265 cm³/mol. The standard InChI is InChI=1S/C52H72N4O20/c1-29-45(63)32(23-40(74-29)75-34-25-51(69,35(58)28-57)24-31-42(34)49(67)44-43(47(31)65)46(64)30-13-12-14-33(73-5)41(30)48(44)66)56-36(59)15-10-8-6-7-9-11-16-39(62)76-52(50(68)55-19-22-72-4,26-37(60)53-17-20-70-2)27-38(61)54-18-21-71-3/h12-14,29,32,34,40,45,57,63,65,67,69H,6-11,15-28H2,1-5H3,(H,53,60)(H,54,61)(H,55,68)(H,56,59)/t29-,32-,34-,40-,45+,51-/m0/s1. The largest absolute Gasteiger partial charge is 0.507 e. The number of esters is 1. The van der Waals surface area contributed by atoms with Crippen LogP contribution in [0.15, 0.2) is 18.2 Å². The van der Waals surface area contributed by atoms with Crippen LogP contribution < -0.4 is 26.0 Å². The zero-order valence-electron chi connectivity index (χ0n) is 43.6. The second-order valence-electron chi connectivity index (χ2n) is 19.0. The maximum absolute atomic E-state index is 14.0. The van der Waals surface area contributed by atoms with E-state index >= 15 is 0 Å². The third kappa shape index (κ3) is 14.9. The number of Topliss-reactive ketones (excluding diaryl/α,β-unsaturated/α-hetero) is 1. The van der Waals surface area contributed by atoms with E-state index in [1.165, 1.54) is 53.6 Å². The number of carbonyl (C=O) groups excluding carboxylic acids is 8. The monoisotopic (exact) mass is 1070 g/mol. The van der Waals surface area contributed by atoms with Crippen molar-refractivity contribution >= 4 is 46.9 Å². The number of rotatable bonds is 30. The topological polar surface area (TPSA) is 350 Å². The Labute approximate surface area is 439 Å². The summed E-state index contributed by atoms with van der Waals surface area (Å²) in [5.41, 5.74) is -6.38. The molecule has 6 atom stereocenters. The number of unbranched alkanes of at least 4 members (excludes halogenated alkanes) is 5. The average molecular weight is 1070 g/mol. The maximum atomic E-state index is 14.0. The molecule has 0 saturated carbocycles. The number of aliphatic hydroxyl groups excluding tert-OH is 2. The lowest BCUT2D eigenvalue weighted by molar-refractivity contribution is -0.249. The van der Waals surface area contributed by atoms with Crippen LogP contribution in [0.4, 0.5) is 0 Å². The minimum Gasteiger partial charge on any atom is -0.507 e. The van der Waals surface area contributed by atoms with E-state index in [0.29, 0.717) is 38.5 Å². The van der Waals surface area contributed by atoms with Gasteiger partial charge in [-0.1, -0.05) is 37.8 Å².